The molecule has 0 aromatic rings. The molecule has 58 valence electrons. The summed E-state index contributed by atoms with van der Waals surface area (Å²) in [6.45, 7) is 0.573. The van der Waals surface area contributed by atoms with Crippen LogP contribution in [-0.2, 0) is 4.79 Å². The van der Waals surface area contributed by atoms with Gasteiger partial charge in [0.25, 0.3) is 0 Å². The molecule has 1 aliphatic heterocycles. The molecule has 0 aromatic heterocycles. The van der Waals surface area contributed by atoms with Crippen molar-refractivity contribution in [2.45, 2.75) is 18.1 Å². The monoisotopic (exact) mass is 145 g/mol. The number of nitrogens with two attached hydrogens (primary N) is 2. The Morgan fingerprint density at radius 2 is 2.40 bits per heavy atom. The van der Waals surface area contributed by atoms with Crippen LogP contribution < -0.4 is 16.8 Å². The van der Waals surface area contributed by atoms with Gasteiger partial charge in [0.15, 0.2) is 5.66 Å². The Balaban J connectivity index is 2.75. The van der Waals surface area contributed by atoms with Crippen LogP contribution in [0.15, 0.2) is 0 Å². The zero-order valence-corrected chi connectivity index (χ0v) is 5.50. The average molecular weight is 145 g/mol. The number of carboxylic acid groups (broad SMARTS) is 1. The van der Waals surface area contributed by atoms with Gasteiger partial charge in [-0.3, -0.25) is 5.32 Å². The number of hydrogen-bond donors (Lipinski definition) is 4. The van der Waals surface area contributed by atoms with Gasteiger partial charge < -0.3 is 16.6 Å². The Bertz CT molecular complexity index is 161. The third-order valence-electron chi connectivity index (χ3n) is 1.81. The van der Waals surface area contributed by atoms with Crippen LogP contribution in [0.25, 0.3) is 0 Å². The number of carbonyl (C=O) groups is 1. The summed E-state index contributed by atoms with van der Waals surface area (Å²) in [5.41, 5.74) is 9.45. The van der Waals surface area contributed by atoms with E-state index in [2.05, 4.69) is 5.32 Å². The highest BCUT2D eigenvalue weighted by atomic mass is 16.4. The molecule has 0 aliphatic carbocycles. The number of rotatable bonds is 1. The summed E-state index contributed by atoms with van der Waals surface area (Å²) in [5.74, 6) is -1.09. The van der Waals surface area contributed by atoms with Gasteiger partial charge in [0.2, 0.25) is 0 Å². The molecular formula is C5H11N3O2. The normalized spacial score (nSPS) is 40.0. The van der Waals surface area contributed by atoms with Crippen molar-refractivity contribution >= 4 is 5.97 Å². The van der Waals surface area contributed by atoms with Crippen LogP contribution in [0.5, 0.6) is 0 Å². The Labute approximate surface area is 58.4 Å². The van der Waals surface area contributed by atoms with E-state index in [-0.39, 0.29) is 0 Å². The molecular weight excluding hydrogens is 134 g/mol. The first-order valence-corrected chi connectivity index (χ1v) is 3.10. The van der Waals surface area contributed by atoms with Crippen molar-refractivity contribution in [3.8, 4) is 0 Å². The number of hydrogen-bond acceptors (Lipinski definition) is 4. The van der Waals surface area contributed by atoms with E-state index < -0.39 is 17.7 Å². The lowest BCUT2D eigenvalue weighted by atomic mass is 10.1. The van der Waals surface area contributed by atoms with Crippen molar-refractivity contribution in [1.29, 1.82) is 0 Å². The molecule has 1 unspecified atom stereocenters. The highest BCUT2D eigenvalue weighted by Gasteiger charge is 2.43. The SMILES string of the molecule is NC1CCN[C@]1(N)C(=O)O. The van der Waals surface area contributed by atoms with E-state index in [4.69, 9.17) is 16.6 Å². The van der Waals surface area contributed by atoms with E-state index in [1.165, 1.54) is 0 Å². The Kier molecular flexibility index (Phi) is 1.63. The molecule has 1 heterocycles. The molecule has 0 saturated carbocycles. The van der Waals surface area contributed by atoms with Crippen molar-refractivity contribution < 1.29 is 9.90 Å². The zero-order valence-electron chi connectivity index (χ0n) is 5.50. The van der Waals surface area contributed by atoms with Crippen molar-refractivity contribution in [1.82, 2.24) is 5.32 Å². The van der Waals surface area contributed by atoms with Crippen LogP contribution in [0.2, 0.25) is 0 Å². The molecule has 1 rings (SSSR count). The summed E-state index contributed by atoms with van der Waals surface area (Å²) in [6, 6.07) is -0.481. The lowest BCUT2D eigenvalue weighted by Gasteiger charge is -2.22. The van der Waals surface area contributed by atoms with Crippen LogP contribution in [0, 0.1) is 0 Å². The van der Waals surface area contributed by atoms with Crippen LogP contribution >= 0.6 is 0 Å². The zero-order chi connectivity index (χ0) is 7.78. The van der Waals surface area contributed by atoms with Gasteiger partial charge in [-0.05, 0) is 13.0 Å². The van der Waals surface area contributed by atoms with Crippen LogP contribution in [0.1, 0.15) is 6.42 Å². The fraction of sp³-hybridized carbons (Fsp3) is 0.800. The van der Waals surface area contributed by atoms with Crippen LogP contribution in [0.4, 0.5) is 0 Å². The summed E-state index contributed by atoms with van der Waals surface area (Å²) in [6.07, 6.45) is 0.614. The summed E-state index contributed by atoms with van der Waals surface area (Å²) in [4.78, 5) is 10.5. The second kappa shape index (κ2) is 2.19. The van der Waals surface area contributed by atoms with Gasteiger partial charge in [-0.2, -0.15) is 0 Å². The molecule has 1 aliphatic rings. The highest BCUT2D eigenvalue weighted by Crippen LogP contribution is 2.11. The van der Waals surface area contributed by atoms with Crippen molar-refractivity contribution in [2.75, 3.05) is 6.54 Å². The maximum atomic E-state index is 10.5. The maximum Gasteiger partial charge on any atom is 0.340 e. The fourth-order valence-electron chi connectivity index (χ4n) is 1.03. The molecule has 6 N–H and O–H groups in total. The summed E-state index contributed by atoms with van der Waals surface area (Å²) in [7, 11) is 0. The van der Waals surface area contributed by atoms with Gasteiger partial charge in [-0.25, -0.2) is 4.79 Å². The lowest BCUT2D eigenvalue weighted by Crippen LogP contribution is -2.64. The minimum absolute atomic E-state index is 0.481. The summed E-state index contributed by atoms with van der Waals surface area (Å²) >= 11 is 0. The first-order chi connectivity index (χ1) is 4.57. The highest BCUT2D eigenvalue weighted by molar-refractivity contribution is 5.79. The fourth-order valence-corrected chi connectivity index (χ4v) is 1.03. The summed E-state index contributed by atoms with van der Waals surface area (Å²) in [5, 5.41) is 11.2. The van der Waals surface area contributed by atoms with Crippen LogP contribution in [-0.4, -0.2) is 29.3 Å². The molecule has 10 heavy (non-hydrogen) atoms. The van der Waals surface area contributed by atoms with Gasteiger partial charge in [-0.15, -0.1) is 0 Å². The van der Waals surface area contributed by atoms with E-state index in [0.29, 0.717) is 13.0 Å². The first-order valence-electron chi connectivity index (χ1n) is 3.10. The van der Waals surface area contributed by atoms with Gasteiger partial charge in [0, 0.05) is 6.04 Å². The molecule has 1 saturated heterocycles. The van der Waals surface area contributed by atoms with Crippen LogP contribution in [0.3, 0.4) is 0 Å². The third kappa shape index (κ3) is 0.880. The molecule has 0 bridgehead atoms. The van der Waals surface area contributed by atoms with E-state index in [9.17, 15) is 4.79 Å². The molecule has 0 amide bonds. The van der Waals surface area contributed by atoms with Gasteiger partial charge >= 0.3 is 5.97 Å². The number of aliphatic carboxylic acids is 1. The lowest BCUT2D eigenvalue weighted by molar-refractivity contribution is -0.144. The van der Waals surface area contributed by atoms with Gasteiger partial charge in [0.05, 0.1) is 0 Å². The smallest absolute Gasteiger partial charge is 0.340 e. The van der Waals surface area contributed by atoms with Gasteiger partial charge in [-0.1, -0.05) is 0 Å². The molecule has 0 aromatic carbocycles. The molecule has 2 atom stereocenters. The van der Waals surface area contributed by atoms with Crippen molar-refractivity contribution in [2.24, 2.45) is 11.5 Å². The van der Waals surface area contributed by atoms with Crippen molar-refractivity contribution in [3.05, 3.63) is 0 Å². The molecule has 5 nitrogen and oxygen atoms in total. The average Bonchev–Trinajstić information content (AvgIpc) is 2.15. The minimum atomic E-state index is -1.40. The van der Waals surface area contributed by atoms with E-state index >= 15 is 0 Å². The Hall–Kier alpha value is -0.650. The van der Waals surface area contributed by atoms with Crippen molar-refractivity contribution in [3.63, 3.8) is 0 Å². The third-order valence-corrected chi connectivity index (χ3v) is 1.81. The number of carboxylic acids is 1. The minimum Gasteiger partial charge on any atom is -0.479 e. The second-order valence-corrected chi connectivity index (χ2v) is 2.50. The maximum absolute atomic E-state index is 10.5. The number of nitrogens with one attached hydrogen (secondary N) is 1. The Morgan fingerprint density at radius 3 is 2.60 bits per heavy atom. The Morgan fingerprint density at radius 1 is 1.80 bits per heavy atom. The second-order valence-electron chi connectivity index (χ2n) is 2.50. The van der Waals surface area contributed by atoms with Gasteiger partial charge in [0.1, 0.15) is 0 Å². The van der Waals surface area contributed by atoms with E-state index in [1.54, 1.807) is 0 Å². The predicted molar refractivity (Wildman–Crippen MR) is 35.1 cm³/mol. The molecule has 1 fully saturated rings. The predicted octanol–water partition coefficient (Wildman–Crippen LogP) is -1.95. The van der Waals surface area contributed by atoms with E-state index in [1.807, 2.05) is 0 Å². The molecule has 0 spiro atoms. The first kappa shape index (κ1) is 7.46. The quantitative estimate of drug-likeness (QED) is 0.343. The van der Waals surface area contributed by atoms with E-state index in [0.717, 1.165) is 0 Å². The topological polar surface area (TPSA) is 101 Å². The molecule has 0 radical (unpaired) electrons. The molecule has 5 heteroatoms. The summed E-state index contributed by atoms with van der Waals surface area (Å²) < 4.78 is 0. The standard InChI is InChI=1S/C5H11N3O2/c6-3-1-2-8-5(3,7)4(9)10/h3,8H,1-2,6-7H2,(H,9,10)/t3?,5-/m0/s1. The largest absolute Gasteiger partial charge is 0.479 e.